The van der Waals surface area contributed by atoms with E-state index in [4.69, 9.17) is 18.0 Å². The van der Waals surface area contributed by atoms with Gasteiger partial charge < -0.3 is 10.5 Å². The average Bonchev–Trinajstić information content (AvgIpc) is 2.10. The number of thiocarbonyl (C=S) groups is 1. The number of esters is 1. The van der Waals surface area contributed by atoms with Crippen LogP contribution in [0.25, 0.3) is 0 Å². The van der Waals surface area contributed by atoms with E-state index in [0.29, 0.717) is 10.6 Å². The number of carbonyl (C=O) groups is 1. The lowest BCUT2D eigenvalue weighted by Gasteiger charge is -2.17. The van der Waals surface area contributed by atoms with Gasteiger partial charge in [0.2, 0.25) is 0 Å². The Kier molecular flexibility index (Phi) is 4.80. The zero-order chi connectivity index (χ0) is 10.0. The molecule has 0 spiro atoms. The van der Waals surface area contributed by atoms with E-state index in [1.54, 1.807) is 12.2 Å². The van der Waals surface area contributed by atoms with Crippen LogP contribution < -0.4 is 5.73 Å². The quantitative estimate of drug-likeness (QED) is 0.549. The maximum absolute atomic E-state index is 11.2. The number of halogens is 1. The maximum Gasteiger partial charge on any atom is 0.318 e. The molecule has 0 saturated carbocycles. The molecule has 3 nitrogen and oxygen atoms in total. The van der Waals surface area contributed by atoms with E-state index in [0.717, 1.165) is 5.57 Å². The Bertz CT molecular complexity index is 323. The van der Waals surface area contributed by atoms with Crippen LogP contribution in [-0.4, -0.2) is 17.9 Å². The molecule has 1 aliphatic rings. The van der Waals surface area contributed by atoms with Crippen LogP contribution in [0.4, 0.5) is 0 Å². The van der Waals surface area contributed by atoms with Gasteiger partial charge in [-0.3, -0.25) is 4.79 Å². The van der Waals surface area contributed by atoms with E-state index in [2.05, 4.69) is 4.74 Å². The topological polar surface area (TPSA) is 52.3 Å². The molecular formula is C9H12ClNO2S. The highest BCUT2D eigenvalue weighted by Crippen LogP contribution is 2.18. The Morgan fingerprint density at radius 2 is 2.21 bits per heavy atom. The predicted molar refractivity (Wildman–Crippen MR) is 61.4 cm³/mol. The van der Waals surface area contributed by atoms with Crippen molar-refractivity contribution >= 4 is 35.5 Å². The first-order valence-corrected chi connectivity index (χ1v) is 4.24. The summed E-state index contributed by atoms with van der Waals surface area (Å²) in [4.78, 5) is 11.7. The van der Waals surface area contributed by atoms with Crippen molar-refractivity contribution in [3.63, 3.8) is 0 Å². The molecule has 5 heteroatoms. The fraction of sp³-hybridized carbons (Fsp3) is 0.333. The smallest absolute Gasteiger partial charge is 0.318 e. The molecule has 0 aliphatic heterocycles. The van der Waals surface area contributed by atoms with E-state index >= 15 is 0 Å². The Hall–Kier alpha value is -0.870. The summed E-state index contributed by atoms with van der Waals surface area (Å²) in [6.07, 6.45) is 3.51. The van der Waals surface area contributed by atoms with Gasteiger partial charge in [-0.2, -0.15) is 0 Å². The van der Waals surface area contributed by atoms with Gasteiger partial charge in [-0.05, 0) is 13.0 Å². The average molecular weight is 234 g/mol. The molecule has 2 N–H and O–H groups in total. The minimum atomic E-state index is -0.495. The van der Waals surface area contributed by atoms with Crippen LogP contribution in [0.2, 0.25) is 0 Å². The first-order valence-electron chi connectivity index (χ1n) is 3.84. The summed E-state index contributed by atoms with van der Waals surface area (Å²) in [6, 6.07) is 0. The van der Waals surface area contributed by atoms with Gasteiger partial charge in [0.05, 0.1) is 12.0 Å². The molecule has 1 unspecified atom stereocenters. The van der Waals surface area contributed by atoms with Crippen molar-refractivity contribution in [1.82, 2.24) is 0 Å². The van der Waals surface area contributed by atoms with Gasteiger partial charge in [0.15, 0.2) is 0 Å². The Labute approximate surface area is 94.4 Å². The van der Waals surface area contributed by atoms with Crippen LogP contribution in [-0.2, 0) is 9.53 Å². The largest absolute Gasteiger partial charge is 0.468 e. The third-order valence-corrected chi connectivity index (χ3v) is 2.32. The number of ether oxygens (including phenoxy) is 1. The van der Waals surface area contributed by atoms with E-state index < -0.39 is 5.92 Å². The minimum absolute atomic E-state index is 0. The molecule has 0 bridgehead atoms. The second-order valence-corrected chi connectivity index (χ2v) is 3.32. The molecule has 0 radical (unpaired) electrons. The van der Waals surface area contributed by atoms with E-state index in [1.165, 1.54) is 7.11 Å². The van der Waals surface area contributed by atoms with Crippen molar-refractivity contribution in [2.75, 3.05) is 7.11 Å². The molecule has 0 aromatic rings. The number of hydrogen-bond acceptors (Lipinski definition) is 4. The number of carbonyl (C=O) groups excluding carboxylic acids is 1. The number of allylic oxidation sites excluding steroid dienone is 3. The highest BCUT2D eigenvalue weighted by molar-refractivity contribution is 7.81. The Morgan fingerprint density at radius 1 is 1.64 bits per heavy atom. The summed E-state index contributed by atoms with van der Waals surface area (Å²) >= 11 is 5.01. The highest BCUT2D eigenvalue weighted by Gasteiger charge is 2.25. The normalized spacial score (nSPS) is 20.4. The van der Waals surface area contributed by atoms with Crippen LogP contribution in [0.3, 0.4) is 0 Å². The molecule has 1 atom stereocenters. The molecule has 1 rings (SSSR count). The summed E-state index contributed by atoms with van der Waals surface area (Å²) in [5.74, 6) is -0.856. The van der Waals surface area contributed by atoms with Gasteiger partial charge in [-0.1, -0.05) is 23.9 Å². The molecular weight excluding hydrogens is 222 g/mol. The number of rotatable bonds is 1. The van der Waals surface area contributed by atoms with E-state index in [9.17, 15) is 4.79 Å². The number of methoxy groups -OCH3 is 1. The summed E-state index contributed by atoms with van der Waals surface area (Å²) in [7, 11) is 1.34. The third-order valence-electron chi connectivity index (χ3n) is 1.83. The van der Waals surface area contributed by atoms with Gasteiger partial charge in [0, 0.05) is 5.70 Å². The van der Waals surface area contributed by atoms with Gasteiger partial charge in [0.25, 0.3) is 0 Å². The van der Waals surface area contributed by atoms with Crippen LogP contribution in [0.5, 0.6) is 0 Å². The molecule has 14 heavy (non-hydrogen) atoms. The molecule has 0 fully saturated rings. The number of nitrogens with two attached hydrogens (primary N) is 1. The van der Waals surface area contributed by atoms with Gasteiger partial charge >= 0.3 is 5.97 Å². The molecule has 0 aromatic heterocycles. The summed E-state index contributed by atoms with van der Waals surface area (Å²) in [5.41, 5.74) is 7.03. The lowest BCUT2D eigenvalue weighted by molar-refractivity contribution is -0.141. The van der Waals surface area contributed by atoms with Gasteiger partial charge in [-0.25, -0.2) is 0 Å². The van der Waals surface area contributed by atoms with Crippen LogP contribution in [0, 0.1) is 5.92 Å². The number of hydrogen-bond donors (Lipinski definition) is 1. The predicted octanol–water partition coefficient (Wildman–Crippen LogP) is 1.37. The molecule has 0 heterocycles. The third kappa shape index (κ3) is 2.56. The fourth-order valence-corrected chi connectivity index (χ4v) is 1.41. The maximum atomic E-state index is 11.2. The molecule has 78 valence electrons. The first-order chi connectivity index (χ1) is 6.06. The lowest BCUT2D eigenvalue weighted by atomic mass is 9.94. The van der Waals surface area contributed by atoms with Crippen molar-refractivity contribution in [3.8, 4) is 0 Å². The summed E-state index contributed by atoms with van der Waals surface area (Å²) in [6.45, 7) is 1.87. The SMILES string of the molecule is COC(=O)C1C=C(C)C=C(N)C1=S.Cl. The van der Waals surface area contributed by atoms with Crippen LogP contribution >= 0.6 is 24.6 Å². The summed E-state index contributed by atoms with van der Waals surface area (Å²) < 4.78 is 4.60. The van der Waals surface area contributed by atoms with Crippen molar-refractivity contribution in [3.05, 3.63) is 23.4 Å². The van der Waals surface area contributed by atoms with Crippen LogP contribution in [0.1, 0.15) is 6.92 Å². The van der Waals surface area contributed by atoms with Gasteiger partial charge in [0.1, 0.15) is 5.92 Å². The van der Waals surface area contributed by atoms with Gasteiger partial charge in [-0.15, -0.1) is 12.4 Å². The molecule has 0 saturated heterocycles. The second-order valence-electron chi connectivity index (χ2n) is 2.88. The minimum Gasteiger partial charge on any atom is -0.468 e. The van der Waals surface area contributed by atoms with Crippen molar-refractivity contribution in [1.29, 1.82) is 0 Å². The van der Waals surface area contributed by atoms with Crippen LogP contribution in [0.15, 0.2) is 23.4 Å². The Balaban J connectivity index is 0.00000169. The highest BCUT2D eigenvalue weighted by atomic mass is 35.5. The second kappa shape index (κ2) is 5.12. The van der Waals surface area contributed by atoms with E-state index in [1.807, 2.05) is 6.92 Å². The van der Waals surface area contributed by atoms with Crippen molar-refractivity contribution in [2.24, 2.45) is 11.7 Å². The Morgan fingerprint density at radius 3 is 2.71 bits per heavy atom. The lowest BCUT2D eigenvalue weighted by Crippen LogP contribution is -2.28. The fourth-order valence-electron chi connectivity index (χ4n) is 1.18. The molecule has 0 amide bonds. The van der Waals surface area contributed by atoms with E-state index in [-0.39, 0.29) is 18.4 Å². The zero-order valence-corrected chi connectivity index (χ0v) is 9.58. The van der Waals surface area contributed by atoms with Crippen molar-refractivity contribution in [2.45, 2.75) is 6.92 Å². The standard InChI is InChI=1S/C9H11NO2S.ClH/c1-5-3-6(9(11)12-2)8(13)7(10)4-5;/h3-4,6H,10H2,1-2H3;1H. The summed E-state index contributed by atoms with van der Waals surface area (Å²) in [5, 5.41) is 0. The van der Waals surface area contributed by atoms with Crippen molar-refractivity contribution < 1.29 is 9.53 Å². The molecule has 0 aromatic carbocycles. The zero-order valence-electron chi connectivity index (χ0n) is 7.94. The first kappa shape index (κ1) is 13.1. The monoisotopic (exact) mass is 233 g/mol. The molecule has 1 aliphatic carbocycles.